The fourth-order valence-corrected chi connectivity index (χ4v) is 3.06. The molecule has 7 nitrogen and oxygen atoms in total. The fraction of sp³-hybridized carbons (Fsp3) is 0.211. The molecule has 1 heterocycles. The lowest BCUT2D eigenvalue weighted by atomic mass is 10.0. The molecule has 0 aliphatic heterocycles. The van der Waals surface area contributed by atoms with Gasteiger partial charge in [0.05, 0.1) is 24.2 Å². The van der Waals surface area contributed by atoms with Crippen LogP contribution in [-0.4, -0.2) is 23.0 Å². The lowest BCUT2D eigenvalue weighted by Crippen LogP contribution is -2.36. The second-order valence-electron chi connectivity index (χ2n) is 5.87. The number of carbonyl (C=O) groups excluding carboxylic acids is 1. The zero-order valence-electron chi connectivity index (χ0n) is 14.7. The Bertz CT molecular complexity index is 930. The van der Waals surface area contributed by atoms with E-state index in [1.807, 2.05) is 30.3 Å². The summed E-state index contributed by atoms with van der Waals surface area (Å²) < 4.78 is 5.30. The van der Waals surface area contributed by atoms with E-state index in [1.54, 1.807) is 17.1 Å². The van der Waals surface area contributed by atoms with Crippen molar-refractivity contribution in [1.29, 1.82) is 0 Å². The minimum absolute atomic E-state index is 0.0856. The Morgan fingerprint density at radius 2 is 1.96 bits per heavy atom. The maximum absolute atomic E-state index is 11.8. The molecule has 0 aliphatic rings. The Balaban J connectivity index is 2.18. The highest BCUT2D eigenvalue weighted by Crippen LogP contribution is 2.33. The first-order valence-corrected chi connectivity index (χ1v) is 8.28. The largest absolute Gasteiger partial charge is 0.497 e. The van der Waals surface area contributed by atoms with Gasteiger partial charge in [-0.15, -0.1) is 0 Å². The van der Waals surface area contributed by atoms with Crippen molar-refractivity contribution in [2.24, 2.45) is 11.6 Å². The summed E-state index contributed by atoms with van der Waals surface area (Å²) in [4.78, 5) is 20.4. The Labute approximate surface area is 151 Å². The van der Waals surface area contributed by atoms with E-state index in [0.717, 1.165) is 12.0 Å². The summed E-state index contributed by atoms with van der Waals surface area (Å²) in [7, 11) is 1.52. The predicted octanol–water partition coefficient (Wildman–Crippen LogP) is 2.57. The number of rotatable bonds is 6. The monoisotopic (exact) mass is 351 g/mol. The summed E-state index contributed by atoms with van der Waals surface area (Å²) in [5, 5.41) is 2.21. The van der Waals surface area contributed by atoms with Crippen LogP contribution in [0.1, 0.15) is 35.3 Å². The molecule has 26 heavy (non-hydrogen) atoms. The van der Waals surface area contributed by atoms with E-state index < -0.39 is 5.91 Å². The zero-order chi connectivity index (χ0) is 18.7. The first-order valence-electron chi connectivity index (χ1n) is 8.28. The van der Waals surface area contributed by atoms with Gasteiger partial charge in [-0.25, -0.2) is 15.8 Å². The SMILES string of the molecule is CCC(c1ccccc1)N(N)c1ncnc2c(C(N)=O)cc(OC)cc12. The van der Waals surface area contributed by atoms with Crippen molar-refractivity contribution in [3.63, 3.8) is 0 Å². The minimum Gasteiger partial charge on any atom is -0.497 e. The van der Waals surface area contributed by atoms with Crippen LogP contribution in [0.3, 0.4) is 0 Å². The summed E-state index contributed by atoms with van der Waals surface area (Å²) in [6.07, 6.45) is 2.16. The molecule has 0 fully saturated rings. The number of nitrogens with two attached hydrogens (primary N) is 2. The summed E-state index contributed by atoms with van der Waals surface area (Å²) in [5.41, 5.74) is 7.29. The number of benzene rings is 2. The number of methoxy groups -OCH3 is 1. The van der Waals surface area contributed by atoms with Gasteiger partial charge in [-0.1, -0.05) is 37.3 Å². The highest BCUT2D eigenvalue weighted by molar-refractivity contribution is 6.07. The molecule has 134 valence electrons. The van der Waals surface area contributed by atoms with Gasteiger partial charge < -0.3 is 10.5 Å². The van der Waals surface area contributed by atoms with Crippen LogP contribution in [-0.2, 0) is 0 Å². The molecule has 2 aromatic carbocycles. The average Bonchev–Trinajstić information content (AvgIpc) is 2.67. The van der Waals surface area contributed by atoms with Crippen molar-refractivity contribution in [2.45, 2.75) is 19.4 Å². The van der Waals surface area contributed by atoms with Crippen LogP contribution < -0.4 is 21.3 Å². The molecule has 0 spiro atoms. The number of anilines is 1. The van der Waals surface area contributed by atoms with Crippen molar-refractivity contribution in [3.05, 3.63) is 59.9 Å². The number of carbonyl (C=O) groups is 1. The van der Waals surface area contributed by atoms with E-state index in [4.69, 9.17) is 16.3 Å². The van der Waals surface area contributed by atoms with E-state index in [1.165, 1.54) is 13.4 Å². The fourth-order valence-electron chi connectivity index (χ4n) is 3.06. The quantitative estimate of drug-likeness (QED) is 0.522. The smallest absolute Gasteiger partial charge is 0.251 e. The van der Waals surface area contributed by atoms with E-state index in [-0.39, 0.29) is 11.6 Å². The summed E-state index contributed by atoms with van der Waals surface area (Å²) in [6, 6.07) is 13.2. The number of nitrogens with zero attached hydrogens (tertiary/aromatic N) is 3. The molecule has 0 saturated heterocycles. The first kappa shape index (κ1) is 17.6. The number of fused-ring (bicyclic) bond motifs is 1. The molecule has 1 aromatic heterocycles. The van der Waals surface area contributed by atoms with Crippen LogP contribution in [0.2, 0.25) is 0 Å². The molecule has 0 saturated carbocycles. The molecule has 1 unspecified atom stereocenters. The van der Waals surface area contributed by atoms with Gasteiger partial charge in [0.2, 0.25) is 0 Å². The van der Waals surface area contributed by atoms with Crippen LogP contribution in [0.4, 0.5) is 5.82 Å². The molecule has 0 radical (unpaired) electrons. The summed E-state index contributed by atoms with van der Waals surface area (Å²) in [6.45, 7) is 2.05. The topological polar surface area (TPSA) is 107 Å². The normalized spacial score (nSPS) is 12.0. The van der Waals surface area contributed by atoms with Crippen molar-refractivity contribution >= 4 is 22.6 Å². The lowest BCUT2D eigenvalue weighted by molar-refractivity contribution is 0.100. The highest BCUT2D eigenvalue weighted by Gasteiger charge is 2.22. The molecule has 0 aliphatic carbocycles. The molecule has 0 bridgehead atoms. The van der Waals surface area contributed by atoms with Gasteiger partial charge in [0.25, 0.3) is 5.91 Å². The molecule has 3 rings (SSSR count). The van der Waals surface area contributed by atoms with E-state index in [2.05, 4.69) is 16.9 Å². The Hall–Kier alpha value is -3.19. The average molecular weight is 351 g/mol. The van der Waals surface area contributed by atoms with Crippen LogP contribution in [0.15, 0.2) is 48.8 Å². The Kier molecular flexibility index (Phi) is 4.99. The third kappa shape index (κ3) is 3.16. The third-order valence-corrected chi connectivity index (χ3v) is 4.34. The van der Waals surface area contributed by atoms with E-state index in [0.29, 0.717) is 22.5 Å². The zero-order valence-corrected chi connectivity index (χ0v) is 14.7. The third-order valence-electron chi connectivity index (χ3n) is 4.34. The van der Waals surface area contributed by atoms with Crippen molar-refractivity contribution in [1.82, 2.24) is 9.97 Å². The van der Waals surface area contributed by atoms with Crippen LogP contribution >= 0.6 is 0 Å². The standard InChI is InChI=1S/C19H21N5O2/c1-3-16(12-7-5-4-6-8-12)24(21)19-15-10-13(26-2)9-14(18(20)25)17(15)22-11-23-19/h4-11,16H,3,21H2,1-2H3,(H2,20,25). The number of aromatic nitrogens is 2. The van der Waals surface area contributed by atoms with Crippen molar-refractivity contribution < 1.29 is 9.53 Å². The van der Waals surface area contributed by atoms with Gasteiger partial charge in [0.1, 0.15) is 12.1 Å². The number of hydrogen-bond donors (Lipinski definition) is 2. The molecular formula is C19H21N5O2. The first-order chi connectivity index (χ1) is 12.6. The lowest BCUT2D eigenvalue weighted by Gasteiger charge is -2.28. The van der Waals surface area contributed by atoms with Gasteiger partial charge in [-0.05, 0) is 24.1 Å². The summed E-state index contributed by atoms with van der Waals surface area (Å²) >= 11 is 0. The Morgan fingerprint density at radius 1 is 1.23 bits per heavy atom. The van der Waals surface area contributed by atoms with Crippen LogP contribution in [0.25, 0.3) is 10.9 Å². The van der Waals surface area contributed by atoms with Crippen LogP contribution in [0.5, 0.6) is 5.75 Å². The molecule has 3 aromatic rings. The highest BCUT2D eigenvalue weighted by atomic mass is 16.5. The van der Waals surface area contributed by atoms with Gasteiger partial charge in [0, 0.05) is 5.39 Å². The maximum atomic E-state index is 11.8. The number of ether oxygens (including phenoxy) is 1. The van der Waals surface area contributed by atoms with E-state index >= 15 is 0 Å². The van der Waals surface area contributed by atoms with Gasteiger partial charge in [-0.2, -0.15) is 0 Å². The summed E-state index contributed by atoms with van der Waals surface area (Å²) in [5.74, 6) is 6.86. The number of hydrazine groups is 1. The van der Waals surface area contributed by atoms with Crippen molar-refractivity contribution in [2.75, 3.05) is 12.1 Å². The molecule has 7 heteroatoms. The maximum Gasteiger partial charge on any atom is 0.251 e. The molecule has 4 N–H and O–H groups in total. The van der Waals surface area contributed by atoms with E-state index in [9.17, 15) is 4.79 Å². The molecular weight excluding hydrogens is 330 g/mol. The van der Waals surface area contributed by atoms with Gasteiger partial charge >= 0.3 is 0 Å². The van der Waals surface area contributed by atoms with Gasteiger partial charge in [-0.3, -0.25) is 9.80 Å². The second kappa shape index (κ2) is 7.37. The molecule has 1 atom stereocenters. The van der Waals surface area contributed by atoms with Crippen molar-refractivity contribution in [3.8, 4) is 5.75 Å². The Morgan fingerprint density at radius 3 is 2.58 bits per heavy atom. The van der Waals surface area contributed by atoms with Crippen LogP contribution in [0, 0.1) is 0 Å². The van der Waals surface area contributed by atoms with Gasteiger partial charge in [0.15, 0.2) is 5.82 Å². The predicted molar refractivity (Wildman–Crippen MR) is 101 cm³/mol. The molecule has 1 amide bonds. The minimum atomic E-state index is -0.586. The number of amides is 1. The number of primary amides is 1. The second-order valence-corrected chi connectivity index (χ2v) is 5.87. The number of hydrogen-bond acceptors (Lipinski definition) is 6.